The van der Waals surface area contributed by atoms with Crippen LogP contribution in [0.4, 0.5) is 0 Å². The van der Waals surface area contributed by atoms with Crippen LogP contribution in [0, 0.1) is 18.8 Å². The number of amides is 1. The molecule has 1 amide bonds. The average Bonchev–Trinajstić information content (AvgIpc) is 3.03. The molecule has 1 N–H and O–H groups in total. The van der Waals surface area contributed by atoms with Gasteiger partial charge >= 0.3 is 0 Å². The number of hydrogen-bond acceptors (Lipinski definition) is 4. The third-order valence-corrected chi connectivity index (χ3v) is 4.38. The van der Waals surface area contributed by atoms with Crippen molar-refractivity contribution in [3.05, 3.63) is 59.1 Å². The third kappa shape index (κ3) is 3.92. The molecule has 1 heterocycles. The van der Waals surface area contributed by atoms with E-state index in [1.54, 1.807) is 0 Å². The van der Waals surface area contributed by atoms with Crippen molar-refractivity contribution in [2.24, 2.45) is 0 Å². The Morgan fingerprint density at radius 1 is 1.17 bits per heavy atom. The molecule has 2 aromatic carbocycles. The molecule has 0 spiro atoms. The Kier molecular flexibility index (Phi) is 5.09. The monoisotopic (exact) mass is 336 g/mol. The first-order valence-corrected chi connectivity index (χ1v) is 8.33. The number of fused-ring (bicyclic) bond motifs is 1. The van der Waals surface area contributed by atoms with Crippen molar-refractivity contribution >= 4 is 27.5 Å². The van der Waals surface area contributed by atoms with Crippen molar-refractivity contribution in [1.82, 2.24) is 10.3 Å². The summed E-state index contributed by atoms with van der Waals surface area (Å²) in [4.78, 5) is 16.4. The van der Waals surface area contributed by atoms with Gasteiger partial charge in [-0.1, -0.05) is 42.2 Å². The topological polar surface area (TPSA) is 51.2 Å². The number of aryl methyl sites for hydroxylation is 1. The number of carbonyl (C=O) groups excluding carboxylic acids is 1. The fourth-order valence-corrected chi connectivity index (χ4v) is 3.00. The molecule has 120 valence electrons. The van der Waals surface area contributed by atoms with Crippen LogP contribution in [0.2, 0.25) is 0 Å². The third-order valence-electron chi connectivity index (χ3n) is 3.34. The molecule has 0 saturated heterocycles. The van der Waals surface area contributed by atoms with Crippen LogP contribution in [-0.2, 0) is 0 Å². The predicted molar refractivity (Wildman–Crippen MR) is 96.4 cm³/mol. The fourth-order valence-electron chi connectivity index (χ4n) is 2.12. The number of rotatable bonds is 4. The van der Waals surface area contributed by atoms with Crippen LogP contribution in [0.1, 0.15) is 15.4 Å². The maximum absolute atomic E-state index is 12.1. The second kappa shape index (κ2) is 7.62. The lowest BCUT2D eigenvalue weighted by atomic mass is 10.2. The van der Waals surface area contributed by atoms with E-state index in [-0.39, 0.29) is 12.5 Å². The van der Waals surface area contributed by atoms with Crippen LogP contribution in [0.15, 0.2) is 48.5 Å². The second-order valence-electron chi connectivity index (χ2n) is 5.08. The van der Waals surface area contributed by atoms with Crippen LogP contribution >= 0.6 is 11.3 Å². The zero-order valence-corrected chi connectivity index (χ0v) is 14.0. The van der Waals surface area contributed by atoms with Crippen molar-refractivity contribution in [3.63, 3.8) is 0 Å². The van der Waals surface area contributed by atoms with Gasteiger partial charge < -0.3 is 10.1 Å². The zero-order valence-electron chi connectivity index (χ0n) is 13.2. The van der Waals surface area contributed by atoms with Gasteiger partial charge in [-0.3, -0.25) is 4.79 Å². The van der Waals surface area contributed by atoms with Gasteiger partial charge in [0.15, 0.2) is 5.01 Å². The Labute approximate surface area is 144 Å². The molecular formula is C19H16N2O2S. The number of carbonyl (C=O) groups is 1. The SMILES string of the molecule is Cc1ccccc1OCC#CCNC(=O)c1nc2ccccc2s1. The summed E-state index contributed by atoms with van der Waals surface area (Å²) in [6, 6.07) is 15.5. The molecule has 0 aliphatic carbocycles. The van der Waals surface area contributed by atoms with E-state index in [0.29, 0.717) is 11.6 Å². The Balaban J connectivity index is 1.48. The average molecular weight is 336 g/mol. The number of nitrogens with zero attached hydrogens (tertiary/aromatic N) is 1. The predicted octanol–water partition coefficient (Wildman–Crippen LogP) is 3.42. The van der Waals surface area contributed by atoms with Gasteiger partial charge in [0.25, 0.3) is 5.91 Å². The summed E-state index contributed by atoms with van der Waals surface area (Å²) >= 11 is 1.38. The number of para-hydroxylation sites is 2. The highest BCUT2D eigenvalue weighted by Crippen LogP contribution is 2.21. The van der Waals surface area contributed by atoms with E-state index >= 15 is 0 Å². The van der Waals surface area contributed by atoms with Gasteiger partial charge in [-0.2, -0.15) is 0 Å². The molecule has 0 saturated carbocycles. The number of thiazole rings is 1. The summed E-state index contributed by atoms with van der Waals surface area (Å²) in [7, 11) is 0. The Bertz CT molecular complexity index is 889. The van der Waals surface area contributed by atoms with Crippen molar-refractivity contribution in [3.8, 4) is 17.6 Å². The lowest BCUT2D eigenvalue weighted by Crippen LogP contribution is -2.23. The molecule has 1 aromatic heterocycles. The quantitative estimate of drug-likeness (QED) is 0.743. The summed E-state index contributed by atoms with van der Waals surface area (Å²) in [5.74, 6) is 6.39. The van der Waals surface area contributed by atoms with E-state index in [1.807, 2.05) is 55.5 Å². The van der Waals surface area contributed by atoms with Gasteiger partial charge in [-0.25, -0.2) is 4.98 Å². The van der Waals surface area contributed by atoms with Crippen LogP contribution in [0.25, 0.3) is 10.2 Å². The van der Waals surface area contributed by atoms with E-state index in [1.165, 1.54) is 11.3 Å². The number of hydrogen-bond donors (Lipinski definition) is 1. The minimum absolute atomic E-state index is 0.203. The van der Waals surface area contributed by atoms with Gasteiger partial charge in [-0.15, -0.1) is 11.3 Å². The van der Waals surface area contributed by atoms with E-state index in [0.717, 1.165) is 21.5 Å². The first-order chi connectivity index (χ1) is 11.7. The highest BCUT2D eigenvalue weighted by molar-refractivity contribution is 7.20. The molecule has 0 unspecified atom stereocenters. The lowest BCUT2D eigenvalue weighted by Gasteiger charge is -2.04. The summed E-state index contributed by atoms with van der Waals surface area (Å²) < 4.78 is 6.57. The summed E-state index contributed by atoms with van der Waals surface area (Å²) in [5.41, 5.74) is 1.91. The second-order valence-corrected chi connectivity index (χ2v) is 6.11. The van der Waals surface area contributed by atoms with Gasteiger partial charge in [0.05, 0.1) is 16.8 Å². The zero-order chi connectivity index (χ0) is 16.8. The number of nitrogens with one attached hydrogen (secondary N) is 1. The van der Waals surface area contributed by atoms with Crippen molar-refractivity contribution in [2.75, 3.05) is 13.2 Å². The fraction of sp³-hybridized carbons (Fsp3) is 0.158. The molecule has 3 rings (SSSR count). The highest BCUT2D eigenvalue weighted by Gasteiger charge is 2.10. The molecule has 3 aromatic rings. The van der Waals surface area contributed by atoms with Gasteiger partial charge in [0, 0.05) is 0 Å². The number of benzene rings is 2. The van der Waals surface area contributed by atoms with E-state index in [2.05, 4.69) is 22.1 Å². The molecule has 5 heteroatoms. The molecule has 0 aliphatic rings. The standard InChI is InChI=1S/C19H16N2O2S/c1-14-8-2-4-10-16(14)23-13-7-6-12-20-18(22)19-21-15-9-3-5-11-17(15)24-19/h2-5,8-11H,12-13H2,1H3,(H,20,22). The van der Waals surface area contributed by atoms with Crippen LogP contribution in [-0.4, -0.2) is 24.0 Å². The van der Waals surface area contributed by atoms with Crippen molar-refractivity contribution in [1.29, 1.82) is 0 Å². The van der Waals surface area contributed by atoms with Gasteiger partial charge in [0.1, 0.15) is 12.4 Å². The molecule has 0 bridgehead atoms. The van der Waals surface area contributed by atoms with E-state index in [9.17, 15) is 4.79 Å². The van der Waals surface area contributed by atoms with Crippen molar-refractivity contribution in [2.45, 2.75) is 6.92 Å². The largest absolute Gasteiger partial charge is 0.481 e. The number of ether oxygens (including phenoxy) is 1. The Morgan fingerprint density at radius 2 is 1.96 bits per heavy atom. The maximum Gasteiger partial charge on any atom is 0.281 e. The summed E-state index contributed by atoms with van der Waals surface area (Å²) in [5, 5.41) is 3.20. The molecular weight excluding hydrogens is 320 g/mol. The highest BCUT2D eigenvalue weighted by atomic mass is 32.1. The Morgan fingerprint density at radius 3 is 2.79 bits per heavy atom. The molecule has 0 radical (unpaired) electrons. The van der Waals surface area contributed by atoms with E-state index < -0.39 is 0 Å². The van der Waals surface area contributed by atoms with Gasteiger partial charge in [0.2, 0.25) is 0 Å². The first kappa shape index (κ1) is 16.0. The number of aromatic nitrogens is 1. The van der Waals surface area contributed by atoms with Crippen LogP contribution in [0.3, 0.4) is 0 Å². The molecule has 24 heavy (non-hydrogen) atoms. The molecule has 0 fully saturated rings. The summed E-state index contributed by atoms with van der Waals surface area (Å²) in [6.45, 7) is 2.55. The van der Waals surface area contributed by atoms with Crippen LogP contribution < -0.4 is 10.1 Å². The van der Waals surface area contributed by atoms with Crippen molar-refractivity contribution < 1.29 is 9.53 Å². The lowest BCUT2D eigenvalue weighted by molar-refractivity contribution is 0.0958. The smallest absolute Gasteiger partial charge is 0.281 e. The summed E-state index contributed by atoms with van der Waals surface area (Å²) in [6.07, 6.45) is 0. The minimum Gasteiger partial charge on any atom is -0.481 e. The van der Waals surface area contributed by atoms with Gasteiger partial charge in [-0.05, 0) is 30.7 Å². The van der Waals surface area contributed by atoms with E-state index in [4.69, 9.17) is 4.74 Å². The molecule has 4 nitrogen and oxygen atoms in total. The van der Waals surface area contributed by atoms with Crippen LogP contribution in [0.5, 0.6) is 5.75 Å². The normalized spacial score (nSPS) is 10.0. The minimum atomic E-state index is -0.203. The molecule has 0 atom stereocenters. The maximum atomic E-state index is 12.1. The first-order valence-electron chi connectivity index (χ1n) is 7.52. The molecule has 0 aliphatic heterocycles. The Hall–Kier alpha value is -2.84.